The number of rotatable bonds is 15. The third kappa shape index (κ3) is 9.83. The zero-order valence-corrected chi connectivity index (χ0v) is 28.7. The maximum atomic E-state index is 12.0. The van der Waals surface area contributed by atoms with Crippen molar-refractivity contribution in [1.82, 2.24) is 0 Å². The largest absolute Gasteiger partial charge is 0.446 e. The van der Waals surface area contributed by atoms with Crippen LogP contribution in [-0.4, -0.2) is 39.0 Å². The van der Waals surface area contributed by atoms with Gasteiger partial charge in [-0.1, -0.05) is 91.0 Å². The molecule has 5 aromatic carbocycles. The zero-order chi connectivity index (χ0) is 35.0. The highest BCUT2D eigenvalue weighted by Gasteiger charge is 2.25. The van der Waals surface area contributed by atoms with Gasteiger partial charge in [-0.15, -0.1) is 0 Å². The van der Waals surface area contributed by atoms with Crippen molar-refractivity contribution in [3.63, 3.8) is 0 Å². The molecule has 0 unspecified atom stereocenters. The topological polar surface area (TPSA) is 134 Å². The van der Waals surface area contributed by atoms with E-state index >= 15 is 0 Å². The van der Waals surface area contributed by atoms with Crippen molar-refractivity contribution in [3.05, 3.63) is 155 Å². The molecule has 0 atom stereocenters. The molecule has 2 N–H and O–H groups in total. The number of hydrogen-bond donors (Lipinski definition) is 2. The lowest BCUT2D eigenvalue weighted by molar-refractivity contribution is 0.380. The molecule has 12 heteroatoms. The summed E-state index contributed by atoms with van der Waals surface area (Å²) in [5.41, 5.74) is 6.14. The van der Waals surface area contributed by atoms with Crippen LogP contribution in [0, 0.1) is 0 Å². The number of anilines is 2. The van der Waals surface area contributed by atoms with E-state index < -0.39 is 32.5 Å². The average molecular weight is 703 g/mol. The maximum absolute atomic E-state index is 12.0. The summed E-state index contributed by atoms with van der Waals surface area (Å²) in [5, 5.41) is 0. The summed E-state index contributed by atoms with van der Waals surface area (Å²) in [7, 11) is -9.97. The molecule has 0 heterocycles. The standard InChI is InChI=1S/C37H38N2O8S2/c1-3-38(26-28-11-7-5-8-12-28)32-19-15-30(16-20-32)37(35-24-23-34(46-48(40,41)42)25-36(35)47-49(43,44)45)31-17-21-33(22-18-31)39(4-2)27-29-13-9-6-10-14-29/h5-25,37H,3-4,26-27H2,1-2H3,(H,40,41,42)(H,43,44,45). The van der Waals surface area contributed by atoms with Crippen LogP contribution in [-0.2, 0) is 33.9 Å². The van der Waals surface area contributed by atoms with Gasteiger partial charge in [-0.05, 0) is 66.4 Å². The summed E-state index contributed by atoms with van der Waals surface area (Å²) in [4.78, 5) is 4.45. The fourth-order valence-corrected chi connectivity index (χ4v) is 6.52. The van der Waals surface area contributed by atoms with Crippen LogP contribution < -0.4 is 18.2 Å². The average Bonchev–Trinajstić information content (AvgIpc) is 3.07. The SMILES string of the molecule is CCN(Cc1ccccc1)c1ccc(C(c2ccc(N(CC)Cc3ccccc3)cc2)c2ccc(OS(=O)(=O)O)cc2OS(=O)(=O)O)cc1. The molecule has 10 nitrogen and oxygen atoms in total. The lowest BCUT2D eigenvalue weighted by Crippen LogP contribution is -2.22. The van der Waals surface area contributed by atoms with Gasteiger partial charge in [0.05, 0.1) is 0 Å². The maximum Gasteiger partial charge on any atom is 0.446 e. The summed E-state index contributed by atoms with van der Waals surface area (Å²) >= 11 is 0. The molecule has 5 rings (SSSR count). The van der Waals surface area contributed by atoms with Crippen molar-refractivity contribution < 1.29 is 34.3 Å². The highest BCUT2D eigenvalue weighted by Crippen LogP contribution is 2.41. The van der Waals surface area contributed by atoms with E-state index in [2.05, 4.69) is 52.1 Å². The Labute approximate surface area is 288 Å². The molecule has 0 saturated carbocycles. The van der Waals surface area contributed by atoms with Crippen molar-refractivity contribution in [2.24, 2.45) is 0 Å². The zero-order valence-electron chi connectivity index (χ0n) is 27.1. The van der Waals surface area contributed by atoms with Gasteiger partial charge in [-0.3, -0.25) is 9.11 Å². The van der Waals surface area contributed by atoms with Crippen LogP contribution in [0.1, 0.15) is 47.6 Å². The number of nitrogens with zero attached hydrogens (tertiary/aromatic N) is 2. The highest BCUT2D eigenvalue weighted by molar-refractivity contribution is 7.81. The second kappa shape index (κ2) is 15.6. The van der Waals surface area contributed by atoms with Crippen molar-refractivity contribution in [1.29, 1.82) is 0 Å². The molecule has 0 aliphatic rings. The predicted octanol–water partition coefficient (Wildman–Crippen LogP) is 7.28. The third-order valence-electron chi connectivity index (χ3n) is 8.07. The molecule has 256 valence electrons. The first-order valence-electron chi connectivity index (χ1n) is 15.7. The first-order chi connectivity index (χ1) is 23.4. The summed E-state index contributed by atoms with van der Waals surface area (Å²) in [6, 6.07) is 39.7. The van der Waals surface area contributed by atoms with Crippen LogP contribution in [0.15, 0.2) is 127 Å². The molecule has 0 fully saturated rings. The first kappa shape index (κ1) is 35.4. The molecule has 0 aliphatic heterocycles. The first-order valence-corrected chi connectivity index (χ1v) is 18.4. The minimum absolute atomic E-state index is 0.300. The smallest absolute Gasteiger partial charge is 0.367 e. The van der Waals surface area contributed by atoms with Gasteiger partial charge in [0, 0.05) is 55.1 Å². The molecule has 0 amide bonds. The minimum Gasteiger partial charge on any atom is -0.367 e. The van der Waals surface area contributed by atoms with E-state index in [9.17, 15) is 25.9 Å². The molecule has 0 aliphatic carbocycles. The Balaban J connectivity index is 1.57. The van der Waals surface area contributed by atoms with E-state index in [1.165, 1.54) is 23.3 Å². The van der Waals surface area contributed by atoms with Gasteiger partial charge in [0.1, 0.15) is 5.75 Å². The molecular formula is C37H38N2O8S2. The quantitative estimate of drug-likeness (QED) is 0.0847. The van der Waals surface area contributed by atoms with Crippen LogP contribution in [0.3, 0.4) is 0 Å². The van der Waals surface area contributed by atoms with Gasteiger partial charge >= 0.3 is 20.8 Å². The minimum atomic E-state index is -5.04. The number of hydrogen-bond acceptors (Lipinski definition) is 8. The molecule has 5 aromatic rings. The van der Waals surface area contributed by atoms with Crippen molar-refractivity contribution in [3.8, 4) is 11.5 Å². The summed E-state index contributed by atoms with van der Waals surface area (Å²) < 4.78 is 75.2. The monoisotopic (exact) mass is 702 g/mol. The molecule has 0 radical (unpaired) electrons. The van der Waals surface area contributed by atoms with Crippen LogP contribution in [0.2, 0.25) is 0 Å². The lowest BCUT2D eigenvalue weighted by atomic mass is 9.84. The number of benzene rings is 5. The molecule has 0 saturated heterocycles. The van der Waals surface area contributed by atoms with Gasteiger partial charge < -0.3 is 18.2 Å². The molecular weight excluding hydrogens is 665 g/mol. The molecule has 49 heavy (non-hydrogen) atoms. The predicted molar refractivity (Wildman–Crippen MR) is 191 cm³/mol. The van der Waals surface area contributed by atoms with Gasteiger partial charge in [0.25, 0.3) is 0 Å². The Hall–Kier alpha value is -4.88. The van der Waals surface area contributed by atoms with Crippen LogP contribution >= 0.6 is 0 Å². The Morgan fingerprint density at radius 2 is 1.00 bits per heavy atom. The van der Waals surface area contributed by atoms with E-state index in [0.29, 0.717) is 18.7 Å². The third-order valence-corrected chi connectivity index (χ3v) is 8.87. The van der Waals surface area contributed by atoms with Gasteiger partial charge in [0.2, 0.25) is 0 Å². The summed E-state index contributed by atoms with van der Waals surface area (Å²) in [6.45, 7) is 7.09. The molecule has 0 bridgehead atoms. The molecule has 0 aromatic heterocycles. The Morgan fingerprint density at radius 3 is 1.39 bits per heavy atom. The highest BCUT2D eigenvalue weighted by atomic mass is 32.3. The van der Waals surface area contributed by atoms with E-state index in [0.717, 1.165) is 41.7 Å². The van der Waals surface area contributed by atoms with Crippen molar-refractivity contribution in [2.75, 3.05) is 22.9 Å². The second-order valence-electron chi connectivity index (χ2n) is 11.3. The molecule has 0 spiro atoms. The summed E-state index contributed by atoms with van der Waals surface area (Å²) in [6.07, 6.45) is 0. The lowest BCUT2D eigenvalue weighted by Gasteiger charge is -2.26. The fraction of sp³-hybridized carbons (Fsp3) is 0.189. The second-order valence-corrected chi connectivity index (χ2v) is 13.4. The Bertz CT molecular complexity index is 1950. The van der Waals surface area contributed by atoms with Gasteiger partial charge in [-0.2, -0.15) is 16.8 Å². The van der Waals surface area contributed by atoms with Crippen LogP contribution in [0.25, 0.3) is 0 Å². The van der Waals surface area contributed by atoms with Gasteiger partial charge in [0.15, 0.2) is 5.75 Å². The Kier molecular flexibility index (Phi) is 11.2. The van der Waals surface area contributed by atoms with Gasteiger partial charge in [-0.25, -0.2) is 0 Å². The summed E-state index contributed by atoms with van der Waals surface area (Å²) in [5.74, 6) is -1.42. The van der Waals surface area contributed by atoms with E-state index in [1.54, 1.807) is 0 Å². The van der Waals surface area contributed by atoms with E-state index in [4.69, 9.17) is 4.18 Å². The van der Waals surface area contributed by atoms with E-state index in [1.807, 2.05) is 84.9 Å². The van der Waals surface area contributed by atoms with Crippen LogP contribution in [0.5, 0.6) is 11.5 Å². The van der Waals surface area contributed by atoms with Crippen LogP contribution in [0.4, 0.5) is 11.4 Å². The van der Waals surface area contributed by atoms with Crippen molar-refractivity contribution >= 4 is 32.2 Å². The van der Waals surface area contributed by atoms with Crippen molar-refractivity contribution in [2.45, 2.75) is 32.9 Å². The fourth-order valence-electron chi connectivity index (χ4n) is 5.80. The van der Waals surface area contributed by atoms with E-state index in [-0.39, 0.29) is 5.75 Å². The normalized spacial score (nSPS) is 11.7. The Morgan fingerprint density at radius 1 is 0.571 bits per heavy atom.